The summed E-state index contributed by atoms with van der Waals surface area (Å²) in [7, 11) is 0. The van der Waals surface area contributed by atoms with Crippen LogP contribution in [0, 0.1) is 11.8 Å². The monoisotopic (exact) mass is 709 g/mol. The van der Waals surface area contributed by atoms with Gasteiger partial charge in [-0.3, -0.25) is 14.4 Å². The van der Waals surface area contributed by atoms with E-state index in [4.69, 9.17) is 14.2 Å². The predicted octanol–water partition coefficient (Wildman–Crippen LogP) is 13.4. The SMILES string of the molecule is CCCCCCCCCC(=O)OC[C@H](COC(=O)CCCCCCCCC(C)C)OC(=O)CCCCCCCCCCCCCCCC(C)C. The molecule has 0 fully saturated rings. The molecular formula is C44H84O6. The zero-order valence-corrected chi connectivity index (χ0v) is 34.0. The maximum atomic E-state index is 12.7. The number of rotatable bonds is 38. The Morgan fingerprint density at radius 2 is 0.660 bits per heavy atom. The second kappa shape index (κ2) is 37.2. The van der Waals surface area contributed by atoms with E-state index < -0.39 is 6.10 Å². The largest absolute Gasteiger partial charge is 0.462 e. The highest BCUT2D eigenvalue weighted by Gasteiger charge is 2.19. The van der Waals surface area contributed by atoms with Gasteiger partial charge in [0.15, 0.2) is 6.10 Å². The molecule has 50 heavy (non-hydrogen) atoms. The van der Waals surface area contributed by atoms with E-state index in [1.54, 1.807) is 0 Å². The number of carbonyl (C=O) groups excluding carboxylic acids is 3. The Labute approximate surface area is 310 Å². The van der Waals surface area contributed by atoms with Crippen molar-refractivity contribution in [2.24, 2.45) is 11.8 Å². The predicted molar refractivity (Wildman–Crippen MR) is 210 cm³/mol. The van der Waals surface area contributed by atoms with Crippen molar-refractivity contribution in [2.45, 2.75) is 240 Å². The zero-order chi connectivity index (χ0) is 36.9. The van der Waals surface area contributed by atoms with Gasteiger partial charge in [-0.15, -0.1) is 0 Å². The molecule has 0 amide bonds. The molecule has 0 radical (unpaired) electrons. The molecule has 0 saturated carbocycles. The molecule has 296 valence electrons. The van der Waals surface area contributed by atoms with E-state index in [0.29, 0.717) is 19.3 Å². The van der Waals surface area contributed by atoms with Gasteiger partial charge in [-0.25, -0.2) is 0 Å². The van der Waals surface area contributed by atoms with Gasteiger partial charge in [-0.1, -0.05) is 195 Å². The Balaban J connectivity index is 4.25. The van der Waals surface area contributed by atoms with Gasteiger partial charge in [0.05, 0.1) is 0 Å². The molecule has 1 atom stereocenters. The molecule has 0 heterocycles. The van der Waals surface area contributed by atoms with Crippen LogP contribution in [0.3, 0.4) is 0 Å². The summed E-state index contributed by atoms with van der Waals surface area (Å²) >= 11 is 0. The van der Waals surface area contributed by atoms with Crippen molar-refractivity contribution in [3.8, 4) is 0 Å². The fourth-order valence-electron chi connectivity index (χ4n) is 6.40. The second-order valence-corrected chi connectivity index (χ2v) is 15.9. The normalized spacial score (nSPS) is 12.1. The van der Waals surface area contributed by atoms with Gasteiger partial charge in [0, 0.05) is 19.3 Å². The van der Waals surface area contributed by atoms with Crippen LogP contribution in [-0.4, -0.2) is 37.2 Å². The standard InChI is InChI=1S/C44H84O6/c1-6-7-8-9-17-24-29-34-42(45)48-37-41(38-49-43(46)35-30-25-21-20-23-28-33-40(4)5)50-44(47)36-31-26-19-16-14-12-10-11-13-15-18-22-27-32-39(2)3/h39-41H,6-38H2,1-5H3/t41-/m1/s1. The summed E-state index contributed by atoms with van der Waals surface area (Å²) in [6.45, 7) is 11.2. The molecule has 0 rings (SSSR count). The van der Waals surface area contributed by atoms with Crippen LogP contribution in [0.2, 0.25) is 0 Å². The molecule has 0 bridgehead atoms. The van der Waals surface area contributed by atoms with E-state index in [-0.39, 0.29) is 31.1 Å². The van der Waals surface area contributed by atoms with Crippen LogP contribution < -0.4 is 0 Å². The summed E-state index contributed by atoms with van der Waals surface area (Å²) in [5, 5.41) is 0. The molecule has 6 nitrogen and oxygen atoms in total. The van der Waals surface area contributed by atoms with Crippen LogP contribution in [0.25, 0.3) is 0 Å². The van der Waals surface area contributed by atoms with Crippen LogP contribution in [-0.2, 0) is 28.6 Å². The van der Waals surface area contributed by atoms with E-state index in [2.05, 4.69) is 34.6 Å². The zero-order valence-electron chi connectivity index (χ0n) is 34.0. The van der Waals surface area contributed by atoms with Crippen LogP contribution in [0.4, 0.5) is 0 Å². The first-order valence-corrected chi connectivity index (χ1v) is 21.7. The molecule has 0 aliphatic rings. The lowest BCUT2D eigenvalue weighted by Gasteiger charge is -2.18. The fourth-order valence-corrected chi connectivity index (χ4v) is 6.40. The summed E-state index contributed by atoms with van der Waals surface area (Å²) in [5.74, 6) is 0.731. The summed E-state index contributed by atoms with van der Waals surface area (Å²) < 4.78 is 16.6. The van der Waals surface area contributed by atoms with Gasteiger partial charge >= 0.3 is 17.9 Å². The molecule has 6 heteroatoms. The third kappa shape index (κ3) is 37.7. The smallest absolute Gasteiger partial charge is 0.306 e. The van der Waals surface area contributed by atoms with Crippen molar-refractivity contribution in [2.75, 3.05) is 13.2 Å². The van der Waals surface area contributed by atoms with Crippen LogP contribution in [0.5, 0.6) is 0 Å². The average molecular weight is 709 g/mol. The van der Waals surface area contributed by atoms with Crippen LogP contribution >= 0.6 is 0 Å². The van der Waals surface area contributed by atoms with Gasteiger partial charge in [0.2, 0.25) is 0 Å². The molecule has 0 aromatic rings. The van der Waals surface area contributed by atoms with E-state index >= 15 is 0 Å². The van der Waals surface area contributed by atoms with E-state index in [1.165, 1.54) is 122 Å². The molecule has 0 aliphatic carbocycles. The first kappa shape index (κ1) is 48.4. The Kier molecular flexibility index (Phi) is 36.0. The van der Waals surface area contributed by atoms with Crippen molar-refractivity contribution in [1.82, 2.24) is 0 Å². The van der Waals surface area contributed by atoms with Crippen molar-refractivity contribution in [3.63, 3.8) is 0 Å². The minimum absolute atomic E-state index is 0.0666. The van der Waals surface area contributed by atoms with Crippen molar-refractivity contribution in [3.05, 3.63) is 0 Å². The Bertz CT molecular complexity index is 764. The highest BCUT2D eigenvalue weighted by molar-refractivity contribution is 5.71. The fraction of sp³-hybridized carbons (Fsp3) is 0.932. The summed E-state index contributed by atoms with van der Waals surface area (Å²) in [4.78, 5) is 37.5. The minimum atomic E-state index is -0.759. The first-order chi connectivity index (χ1) is 24.2. The number of esters is 3. The summed E-state index contributed by atoms with van der Waals surface area (Å²) in [5.41, 5.74) is 0. The highest BCUT2D eigenvalue weighted by atomic mass is 16.6. The van der Waals surface area contributed by atoms with Crippen LogP contribution in [0.15, 0.2) is 0 Å². The molecule has 0 aliphatic heterocycles. The average Bonchev–Trinajstić information content (AvgIpc) is 3.08. The Hall–Kier alpha value is -1.59. The number of hydrogen-bond donors (Lipinski definition) is 0. The number of ether oxygens (including phenoxy) is 3. The van der Waals surface area contributed by atoms with E-state index in [0.717, 1.165) is 69.6 Å². The first-order valence-electron chi connectivity index (χ1n) is 21.7. The molecule has 0 saturated heterocycles. The molecule has 0 aromatic carbocycles. The van der Waals surface area contributed by atoms with E-state index in [1.807, 2.05) is 0 Å². The van der Waals surface area contributed by atoms with Crippen molar-refractivity contribution >= 4 is 17.9 Å². The lowest BCUT2D eigenvalue weighted by Crippen LogP contribution is -2.30. The maximum Gasteiger partial charge on any atom is 0.306 e. The van der Waals surface area contributed by atoms with Gasteiger partial charge in [0.1, 0.15) is 13.2 Å². The van der Waals surface area contributed by atoms with Gasteiger partial charge in [-0.2, -0.15) is 0 Å². The third-order valence-corrected chi connectivity index (χ3v) is 9.72. The van der Waals surface area contributed by atoms with Crippen LogP contribution in [0.1, 0.15) is 234 Å². The molecule has 0 N–H and O–H groups in total. The van der Waals surface area contributed by atoms with Crippen molar-refractivity contribution < 1.29 is 28.6 Å². The highest BCUT2D eigenvalue weighted by Crippen LogP contribution is 2.16. The van der Waals surface area contributed by atoms with Crippen molar-refractivity contribution in [1.29, 1.82) is 0 Å². The molecule has 0 aromatic heterocycles. The van der Waals surface area contributed by atoms with Gasteiger partial charge < -0.3 is 14.2 Å². The number of unbranched alkanes of at least 4 members (excludes halogenated alkanes) is 23. The Morgan fingerprint density at radius 3 is 0.980 bits per heavy atom. The second-order valence-electron chi connectivity index (χ2n) is 15.9. The van der Waals surface area contributed by atoms with Gasteiger partial charge in [0.25, 0.3) is 0 Å². The van der Waals surface area contributed by atoms with E-state index in [9.17, 15) is 14.4 Å². The lowest BCUT2D eigenvalue weighted by atomic mass is 10.0. The van der Waals surface area contributed by atoms with Gasteiger partial charge in [-0.05, 0) is 31.1 Å². The molecule has 0 spiro atoms. The third-order valence-electron chi connectivity index (χ3n) is 9.72. The molecular weight excluding hydrogens is 624 g/mol. The molecule has 0 unspecified atom stereocenters. The summed E-state index contributed by atoms with van der Waals surface area (Å²) in [6.07, 6.45) is 34.0. The topological polar surface area (TPSA) is 78.9 Å². The maximum absolute atomic E-state index is 12.7. The number of hydrogen-bond acceptors (Lipinski definition) is 6. The summed E-state index contributed by atoms with van der Waals surface area (Å²) in [6, 6.07) is 0. The quantitative estimate of drug-likeness (QED) is 0.0361. The Morgan fingerprint density at radius 1 is 0.380 bits per heavy atom. The lowest BCUT2D eigenvalue weighted by molar-refractivity contribution is -0.167. The number of carbonyl (C=O) groups is 3. The minimum Gasteiger partial charge on any atom is -0.462 e.